The second kappa shape index (κ2) is 7.58. The molecular formula is C18H22N2O3S2. The molecule has 1 saturated carbocycles. The first-order valence-electron chi connectivity index (χ1n) is 8.41. The monoisotopic (exact) mass is 378 g/mol. The van der Waals surface area contributed by atoms with Gasteiger partial charge in [0.25, 0.3) is 15.9 Å². The molecule has 1 N–H and O–H groups in total. The number of anilines is 1. The maximum Gasteiger partial charge on any atom is 0.271 e. The van der Waals surface area contributed by atoms with E-state index in [1.807, 2.05) is 7.05 Å². The molecule has 0 bridgehead atoms. The first-order valence-corrected chi connectivity index (χ1v) is 10.8. The number of carbonyl (C=O) groups is 1. The fraction of sp³-hybridized carbons (Fsp3) is 0.389. The SMILES string of the molecule is CN(C(=O)c1cccc(NS(=O)(=O)c2cccs2)c1)C1CCCCC1. The molecule has 1 aromatic carbocycles. The molecule has 0 spiro atoms. The number of nitrogens with one attached hydrogen (secondary N) is 1. The van der Waals surface area contributed by atoms with Gasteiger partial charge < -0.3 is 4.90 Å². The van der Waals surface area contributed by atoms with E-state index >= 15 is 0 Å². The van der Waals surface area contributed by atoms with Crippen molar-refractivity contribution in [1.29, 1.82) is 0 Å². The predicted molar refractivity (Wildman–Crippen MR) is 101 cm³/mol. The van der Waals surface area contributed by atoms with Crippen LogP contribution < -0.4 is 4.72 Å². The van der Waals surface area contributed by atoms with E-state index in [4.69, 9.17) is 0 Å². The van der Waals surface area contributed by atoms with Gasteiger partial charge in [-0.3, -0.25) is 9.52 Å². The Morgan fingerprint density at radius 3 is 2.60 bits per heavy atom. The zero-order valence-electron chi connectivity index (χ0n) is 14.1. The minimum atomic E-state index is -3.61. The summed E-state index contributed by atoms with van der Waals surface area (Å²) in [5, 5.41) is 1.72. The first kappa shape index (κ1) is 17.9. The number of hydrogen-bond donors (Lipinski definition) is 1. The van der Waals surface area contributed by atoms with E-state index in [-0.39, 0.29) is 16.2 Å². The average molecular weight is 379 g/mol. The molecule has 1 fully saturated rings. The maximum atomic E-state index is 12.7. The van der Waals surface area contributed by atoms with Gasteiger partial charge in [-0.15, -0.1) is 11.3 Å². The highest BCUT2D eigenvalue weighted by atomic mass is 32.2. The summed E-state index contributed by atoms with van der Waals surface area (Å²) in [7, 11) is -1.78. The van der Waals surface area contributed by atoms with E-state index in [0.717, 1.165) is 37.0 Å². The zero-order valence-corrected chi connectivity index (χ0v) is 15.8. The van der Waals surface area contributed by atoms with Crippen molar-refractivity contribution in [3.8, 4) is 0 Å². The Labute approximate surface area is 152 Å². The summed E-state index contributed by atoms with van der Waals surface area (Å²) in [6.07, 6.45) is 5.62. The lowest BCUT2D eigenvalue weighted by molar-refractivity contribution is 0.0696. The first-order chi connectivity index (χ1) is 12.0. The summed E-state index contributed by atoms with van der Waals surface area (Å²) in [4.78, 5) is 14.5. The largest absolute Gasteiger partial charge is 0.339 e. The standard InChI is InChI=1S/C18H22N2O3S2/c1-20(16-9-3-2-4-10-16)18(21)14-7-5-8-15(13-14)19-25(22,23)17-11-6-12-24-17/h5-8,11-13,16,19H,2-4,9-10H2,1H3. The molecule has 0 aliphatic heterocycles. The van der Waals surface area contributed by atoms with Gasteiger partial charge in [0.2, 0.25) is 0 Å². The molecule has 1 heterocycles. The van der Waals surface area contributed by atoms with Gasteiger partial charge in [0.15, 0.2) is 0 Å². The molecule has 0 unspecified atom stereocenters. The molecule has 0 radical (unpaired) electrons. The Kier molecular flexibility index (Phi) is 5.44. The molecule has 7 heteroatoms. The Balaban J connectivity index is 1.76. The lowest BCUT2D eigenvalue weighted by Gasteiger charge is -2.31. The van der Waals surface area contributed by atoms with Gasteiger partial charge in [-0.25, -0.2) is 8.42 Å². The highest BCUT2D eigenvalue weighted by Crippen LogP contribution is 2.24. The van der Waals surface area contributed by atoms with Crippen LogP contribution in [0.3, 0.4) is 0 Å². The lowest BCUT2D eigenvalue weighted by Crippen LogP contribution is -2.38. The minimum Gasteiger partial charge on any atom is -0.339 e. The maximum absolute atomic E-state index is 12.7. The number of hydrogen-bond acceptors (Lipinski definition) is 4. The Morgan fingerprint density at radius 2 is 1.92 bits per heavy atom. The number of amides is 1. The minimum absolute atomic E-state index is 0.0657. The second-order valence-corrected chi connectivity index (χ2v) is 9.18. The van der Waals surface area contributed by atoms with Crippen molar-refractivity contribution in [3.05, 3.63) is 47.3 Å². The summed E-state index contributed by atoms with van der Waals surface area (Å²) in [6, 6.07) is 10.2. The molecule has 1 amide bonds. The topological polar surface area (TPSA) is 66.5 Å². The quantitative estimate of drug-likeness (QED) is 0.856. The number of nitrogens with zero attached hydrogens (tertiary/aromatic N) is 1. The molecule has 1 aliphatic carbocycles. The van der Waals surface area contributed by atoms with Crippen LogP contribution in [0.4, 0.5) is 5.69 Å². The van der Waals surface area contributed by atoms with E-state index in [2.05, 4.69) is 4.72 Å². The Hall–Kier alpha value is -1.86. The smallest absolute Gasteiger partial charge is 0.271 e. The van der Waals surface area contributed by atoms with Crippen LogP contribution in [0, 0.1) is 0 Å². The van der Waals surface area contributed by atoms with E-state index < -0.39 is 10.0 Å². The van der Waals surface area contributed by atoms with Crippen molar-refractivity contribution >= 4 is 33.0 Å². The summed E-state index contributed by atoms with van der Waals surface area (Å²) < 4.78 is 27.5. The molecular weight excluding hydrogens is 356 g/mol. The summed E-state index contributed by atoms with van der Waals surface area (Å²) in [6.45, 7) is 0. The number of sulfonamides is 1. The lowest BCUT2D eigenvalue weighted by atomic mass is 9.94. The van der Waals surface area contributed by atoms with Crippen molar-refractivity contribution in [2.45, 2.75) is 42.4 Å². The van der Waals surface area contributed by atoms with Gasteiger partial charge in [0.1, 0.15) is 4.21 Å². The van der Waals surface area contributed by atoms with Crippen LogP contribution in [-0.2, 0) is 10.0 Å². The van der Waals surface area contributed by atoms with Crippen LogP contribution in [0.15, 0.2) is 46.0 Å². The normalized spacial score (nSPS) is 15.7. The van der Waals surface area contributed by atoms with Crippen LogP contribution in [0.1, 0.15) is 42.5 Å². The molecule has 0 atom stereocenters. The van der Waals surface area contributed by atoms with Crippen molar-refractivity contribution in [2.24, 2.45) is 0 Å². The molecule has 1 aromatic heterocycles. The van der Waals surface area contributed by atoms with Crippen LogP contribution in [0.5, 0.6) is 0 Å². The fourth-order valence-electron chi connectivity index (χ4n) is 3.18. The Morgan fingerprint density at radius 1 is 1.16 bits per heavy atom. The van der Waals surface area contributed by atoms with E-state index in [1.165, 1.54) is 6.42 Å². The molecule has 1 aliphatic rings. The molecule has 25 heavy (non-hydrogen) atoms. The third-order valence-electron chi connectivity index (χ3n) is 4.56. The molecule has 2 aromatic rings. The molecule has 5 nitrogen and oxygen atoms in total. The number of thiophene rings is 1. The Bertz CT molecular complexity index is 826. The number of benzene rings is 1. The van der Waals surface area contributed by atoms with Gasteiger partial charge in [-0.05, 0) is 42.5 Å². The predicted octanol–water partition coefficient (Wildman–Crippen LogP) is 3.95. The van der Waals surface area contributed by atoms with Crippen molar-refractivity contribution in [3.63, 3.8) is 0 Å². The van der Waals surface area contributed by atoms with Gasteiger partial charge >= 0.3 is 0 Å². The number of rotatable bonds is 5. The third-order valence-corrected chi connectivity index (χ3v) is 7.34. The molecule has 0 saturated heterocycles. The highest BCUT2D eigenvalue weighted by Gasteiger charge is 2.23. The summed E-state index contributed by atoms with van der Waals surface area (Å²) in [5.74, 6) is -0.0657. The highest BCUT2D eigenvalue weighted by molar-refractivity contribution is 7.94. The van der Waals surface area contributed by atoms with Gasteiger partial charge in [-0.2, -0.15) is 0 Å². The number of carbonyl (C=O) groups excluding carboxylic acids is 1. The van der Waals surface area contributed by atoms with Crippen LogP contribution in [0.2, 0.25) is 0 Å². The van der Waals surface area contributed by atoms with Gasteiger partial charge in [-0.1, -0.05) is 31.4 Å². The van der Waals surface area contributed by atoms with Crippen LogP contribution in [-0.4, -0.2) is 32.3 Å². The van der Waals surface area contributed by atoms with Crippen molar-refractivity contribution in [1.82, 2.24) is 4.90 Å². The van der Waals surface area contributed by atoms with Gasteiger partial charge in [0, 0.05) is 24.3 Å². The third kappa shape index (κ3) is 4.22. The average Bonchev–Trinajstić information content (AvgIpc) is 3.17. The van der Waals surface area contributed by atoms with E-state index in [9.17, 15) is 13.2 Å². The van der Waals surface area contributed by atoms with Crippen LogP contribution in [0.25, 0.3) is 0 Å². The molecule has 134 valence electrons. The fourth-order valence-corrected chi connectivity index (χ4v) is 5.22. The van der Waals surface area contributed by atoms with Crippen molar-refractivity contribution < 1.29 is 13.2 Å². The summed E-state index contributed by atoms with van der Waals surface area (Å²) >= 11 is 1.16. The second-order valence-electron chi connectivity index (χ2n) is 6.33. The van der Waals surface area contributed by atoms with Crippen molar-refractivity contribution in [2.75, 3.05) is 11.8 Å². The van der Waals surface area contributed by atoms with E-state index in [1.54, 1.807) is 46.7 Å². The summed E-state index contributed by atoms with van der Waals surface area (Å²) in [5.41, 5.74) is 0.899. The molecule has 3 rings (SSSR count). The van der Waals surface area contributed by atoms with Crippen LogP contribution >= 0.6 is 11.3 Å². The van der Waals surface area contributed by atoms with E-state index in [0.29, 0.717) is 11.3 Å². The van der Waals surface area contributed by atoms with Gasteiger partial charge in [0.05, 0.1) is 0 Å². The zero-order chi connectivity index (χ0) is 17.9.